The molecule has 7 N–H and O–H groups in total. The van der Waals surface area contributed by atoms with Crippen molar-refractivity contribution in [3.8, 4) is 11.5 Å². The van der Waals surface area contributed by atoms with Crippen LogP contribution in [0.15, 0.2) is 40.3 Å². The number of carbonyl (C=O) groups is 3. The van der Waals surface area contributed by atoms with Gasteiger partial charge >= 0.3 is 0 Å². The molecule has 5 rings (SSSR count). The number of aliphatic hydroxyl groups is 3. The molecular formula is C34H44N10O8. The monoisotopic (exact) mass is 720 g/mol. The lowest BCUT2D eigenvalue weighted by atomic mass is 10.1. The standard InChI is InChI=1S/C34H44N10O8/c1-7-44-23(11-18(2)39-44)32(50)38-34-41(5)22-13-20(31(36)49)15-27(52-10-8-9-45)29(22)43(34)17-25(47)24(46)16-42-28-21(40(4)33(42)37-3)12-19(30(35)48)14-26(28)51-6/h11-15,24-25,45-47H,7-10,16-17H2,1-6H3,(H2,35,48)(H2,36,49). The van der Waals surface area contributed by atoms with E-state index in [4.69, 9.17) is 20.9 Å². The number of rotatable bonds is 14. The van der Waals surface area contributed by atoms with E-state index >= 15 is 0 Å². The first kappa shape index (κ1) is 37.5. The molecule has 18 nitrogen and oxygen atoms in total. The molecule has 0 spiro atoms. The quantitative estimate of drug-likeness (QED) is 0.0924. The van der Waals surface area contributed by atoms with Gasteiger partial charge in [0.2, 0.25) is 23.1 Å². The van der Waals surface area contributed by atoms with Crippen LogP contribution in [0.4, 0.5) is 0 Å². The predicted molar refractivity (Wildman–Crippen MR) is 189 cm³/mol. The average molecular weight is 721 g/mol. The number of aromatic nitrogens is 6. The summed E-state index contributed by atoms with van der Waals surface area (Å²) in [5.41, 5.74) is 14.7. The maximum absolute atomic E-state index is 13.7. The number of carbonyl (C=O) groups excluding carboxylic acids is 3. The Bertz CT molecular complexity index is 2320. The Morgan fingerprint density at radius 1 is 0.885 bits per heavy atom. The molecule has 0 aliphatic rings. The summed E-state index contributed by atoms with van der Waals surface area (Å²) in [6.07, 6.45) is -2.63. The first-order valence-corrected chi connectivity index (χ1v) is 16.5. The molecule has 0 saturated carbocycles. The molecule has 0 saturated heterocycles. The highest BCUT2D eigenvalue weighted by molar-refractivity contribution is 5.99. The molecule has 2 atom stereocenters. The molecule has 52 heavy (non-hydrogen) atoms. The zero-order valence-corrected chi connectivity index (χ0v) is 29.9. The maximum Gasteiger partial charge on any atom is 0.298 e. The second-order valence-corrected chi connectivity index (χ2v) is 12.2. The summed E-state index contributed by atoms with van der Waals surface area (Å²) in [5, 5.41) is 37.0. The summed E-state index contributed by atoms with van der Waals surface area (Å²) in [5.74, 6) is -1.50. The average Bonchev–Trinajstić information content (AvgIpc) is 3.72. The van der Waals surface area contributed by atoms with E-state index in [9.17, 15) is 29.7 Å². The van der Waals surface area contributed by atoms with Gasteiger partial charge in [-0.2, -0.15) is 10.1 Å². The second-order valence-electron chi connectivity index (χ2n) is 12.2. The molecule has 278 valence electrons. The van der Waals surface area contributed by atoms with Gasteiger partial charge in [-0.15, -0.1) is 0 Å². The Morgan fingerprint density at radius 3 is 1.94 bits per heavy atom. The Hall–Kier alpha value is -5.72. The third kappa shape index (κ3) is 6.95. The summed E-state index contributed by atoms with van der Waals surface area (Å²) in [6, 6.07) is 7.66. The van der Waals surface area contributed by atoms with Gasteiger partial charge < -0.3 is 54.5 Å². The fourth-order valence-corrected chi connectivity index (χ4v) is 6.29. The van der Waals surface area contributed by atoms with E-state index < -0.39 is 29.9 Å². The first-order chi connectivity index (χ1) is 24.8. The number of aliphatic hydroxyl groups excluding tert-OH is 3. The van der Waals surface area contributed by atoms with Gasteiger partial charge in [0, 0.05) is 51.8 Å². The molecule has 3 amide bonds. The number of fused-ring (bicyclic) bond motifs is 2. The van der Waals surface area contributed by atoms with E-state index in [1.54, 1.807) is 53.9 Å². The maximum atomic E-state index is 13.7. The van der Waals surface area contributed by atoms with Crippen LogP contribution in [-0.2, 0) is 33.7 Å². The molecule has 0 radical (unpaired) electrons. The Labute approximate surface area is 297 Å². The number of aryl methyl sites for hydroxylation is 4. The molecule has 0 aliphatic heterocycles. The number of benzene rings is 2. The SMILES string of the molecule is CCn1nc(C)cc1C(=O)N=c1n(C)c2cc(C(N)=O)cc(OCCCO)c2n1CC(O)C(O)Cn1c(=NC)n(C)c2cc(C(N)=O)cc(OC)c21. The van der Waals surface area contributed by atoms with Crippen LogP contribution in [0.3, 0.4) is 0 Å². The van der Waals surface area contributed by atoms with Crippen LogP contribution in [0, 0.1) is 6.92 Å². The lowest BCUT2D eigenvalue weighted by Gasteiger charge is -2.21. The number of hydrogen-bond donors (Lipinski definition) is 5. The fraction of sp³-hybridized carbons (Fsp3) is 0.412. The molecule has 5 aromatic rings. The van der Waals surface area contributed by atoms with Crippen LogP contribution in [0.25, 0.3) is 22.1 Å². The number of imidazole rings is 2. The van der Waals surface area contributed by atoms with Crippen molar-refractivity contribution >= 4 is 39.8 Å². The van der Waals surface area contributed by atoms with Gasteiger partial charge in [-0.1, -0.05) is 0 Å². The second kappa shape index (κ2) is 15.3. The summed E-state index contributed by atoms with van der Waals surface area (Å²) < 4.78 is 19.6. The van der Waals surface area contributed by atoms with Gasteiger partial charge in [-0.05, 0) is 44.2 Å². The molecule has 0 aliphatic carbocycles. The van der Waals surface area contributed by atoms with Crippen LogP contribution < -0.4 is 32.2 Å². The Balaban J connectivity index is 1.67. The zero-order chi connectivity index (χ0) is 38.0. The van der Waals surface area contributed by atoms with E-state index in [0.29, 0.717) is 45.7 Å². The van der Waals surface area contributed by atoms with Gasteiger partial charge in [0.05, 0.1) is 55.7 Å². The van der Waals surface area contributed by atoms with Gasteiger partial charge in [0.25, 0.3) is 5.91 Å². The first-order valence-electron chi connectivity index (χ1n) is 16.5. The third-order valence-electron chi connectivity index (χ3n) is 8.81. The van der Waals surface area contributed by atoms with Crippen molar-refractivity contribution < 1.29 is 39.2 Å². The molecule has 2 aromatic carbocycles. The Kier molecular flexibility index (Phi) is 11.0. The van der Waals surface area contributed by atoms with Crippen LogP contribution in [0.5, 0.6) is 11.5 Å². The highest BCUT2D eigenvalue weighted by atomic mass is 16.5. The number of methoxy groups -OCH3 is 1. The van der Waals surface area contributed by atoms with Crippen molar-refractivity contribution in [3.05, 3.63) is 64.1 Å². The number of hydrogen-bond acceptors (Lipinski definition) is 10. The number of ether oxygens (including phenoxy) is 2. The molecule has 18 heteroatoms. The number of amides is 3. The van der Waals surface area contributed by atoms with Gasteiger partial charge in [-0.3, -0.25) is 24.1 Å². The summed E-state index contributed by atoms with van der Waals surface area (Å²) >= 11 is 0. The van der Waals surface area contributed by atoms with Crippen molar-refractivity contribution in [1.82, 2.24) is 28.0 Å². The van der Waals surface area contributed by atoms with Crippen molar-refractivity contribution in [1.29, 1.82) is 0 Å². The van der Waals surface area contributed by atoms with E-state index in [1.807, 2.05) is 6.92 Å². The van der Waals surface area contributed by atoms with Crippen LogP contribution in [0.2, 0.25) is 0 Å². The molecule has 0 fully saturated rings. The summed E-state index contributed by atoms with van der Waals surface area (Å²) in [4.78, 5) is 46.9. The largest absolute Gasteiger partial charge is 0.494 e. The molecule has 3 aromatic heterocycles. The fourth-order valence-electron chi connectivity index (χ4n) is 6.29. The van der Waals surface area contributed by atoms with Crippen molar-refractivity contribution in [2.45, 2.75) is 52.1 Å². The minimum absolute atomic E-state index is 0.0732. The minimum Gasteiger partial charge on any atom is -0.494 e. The number of nitrogens with two attached hydrogens (primary N) is 2. The number of primary amides is 2. The Morgan fingerprint density at radius 2 is 1.42 bits per heavy atom. The molecule has 3 heterocycles. The molecule has 2 unspecified atom stereocenters. The smallest absolute Gasteiger partial charge is 0.298 e. The van der Waals surface area contributed by atoms with Crippen LogP contribution in [-0.4, -0.2) is 101 Å². The highest BCUT2D eigenvalue weighted by Crippen LogP contribution is 2.29. The van der Waals surface area contributed by atoms with Crippen molar-refractivity contribution in [2.24, 2.45) is 35.5 Å². The van der Waals surface area contributed by atoms with Crippen molar-refractivity contribution in [2.75, 3.05) is 27.4 Å². The van der Waals surface area contributed by atoms with Crippen molar-refractivity contribution in [3.63, 3.8) is 0 Å². The predicted octanol–water partition coefficient (Wildman–Crippen LogP) is -0.541. The third-order valence-corrected chi connectivity index (χ3v) is 8.81. The van der Waals surface area contributed by atoms with Crippen LogP contribution in [0.1, 0.15) is 50.2 Å². The van der Waals surface area contributed by atoms with E-state index in [2.05, 4.69) is 15.1 Å². The lowest BCUT2D eigenvalue weighted by Crippen LogP contribution is -2.39. The molecule has 0 bridgehead atoms. The van der Waals surface area contributed by atoms with E-state index in [1.165, 1.54) is 34.6 Å². The van der Waals surface area contributed by atoms with E-state index in [0.717, 1.165) is 0 Å². The summed E-state index contributed by atoms with van der Waals surface area (Å²) in [7, 11) is 6.37. The minimum atomic E-state index is -1.48. The highest BCUT2D eigenvalue weighted by Gasteiger charge is 2.27. The van der Waals surface area contributed by atoms with Gasteiger partial charge in [0.1, 0.15) is 28.2 Å². The lowest BCUT2D eigenvalue weighted by molar-refractivity contribution is -0.000231. The number of nitrogens with zero attached hydrogens (tertiary/aromatic N) is 8. The zero-order valence-electron chi connectivity index (χ0n) is 29.9. The summed E-state index contributed by atoms with van der Waals surface area (Å²) in [6.45, 7) is 3.48. The van der Waals surface area contributed by atoms with E-state index in [-0.39, 0.29) is 60.9 Å². The normalized spacial score (nSPS) is 13.6. The van der Waals surface area contributed by atoms with Crippen LogP contribution >= 0.6 is 0 Å². The topological polar surface area (TPSA) is 245 Å². The van der Waals surface area contributed by atoms with Gasteiger partial charge in [0.15, 0.2) is 0 Å². The molecular weight excluding hydrogens is 676 g/mol. The van der Waals surface area contributed by atoms with Gasteiger partial charge in [-0.25, -0.2) is 0 Å².